The van der Waals surface area contributed by atoms with Crippen LogP contribution < -0.4 is 5.56 Å². The van der Waals surface area contributed by atoms with Crippen molar-refractivity contribution < 1.29 is 4.79 Å². The normalized spacial score (nSPS) is 16.0. The maximum absolute atomic E-state index is 12.3. The summed E-state index contributed by atoms with van der Waals surface area (Å²) in [5.74, 6) is 0.889. The molecule has 1 saturated heterocycles. The van der Waals surface area contributed by atoms with E-state index in [0.29, 0.717) is 18.8 Å². The Balaban J connectivity index is 1.67. The summed E-state index contributed by atoms with van der Waals surface area (Å²) in [6.45, 7) is 3.12. The van der Waals surface area contributed by atoms with Crippen molar-refractivity contribution in [1.29, 1.82) is 0 Å². The first-order valence-corrected chi connectivity index (χ1v) is 7.40. The lowest BCUT2D eigenvalue weighted by molar-refractivity contribution is 0.0704. The molecule has 1 amide bonds. The first kappa shape index (κ1) is 14.5. The maximum Gasteiger partial charge on any atom is 0.274 e. The number of piperidine rings is 1. The number of aryl methyl sites for hydroxylation is 2. The Bertz CT molecular complexity index is 740. The van der Waals surface area contributed by atoms with Crippen molar-refractivity contribution in [2.24, 2.45) is 7.05 Å². The molecule has 116 valence electrons. The minimum atomic E-state index is -0.116. The Morgan fingerprint density at radius 3 is 2.68 bits per heavy atom. The molecule has 2 aromatic heterocycles. The zero-order valence-corrected chi connectivity index (χ0v) is 12.7. The van der Waals surface area contributed by atoms with Gasteiger partial charge in [0.15, 0.2) is 0 Å². The molecule has 2 aromatic rings. The van der Waals surface area contributed by atoms with Crippen LogP contribution in [-0.4, -0.2) is 43.6 Å². The van der Waals surface area contributed by atoms with Gasteiger partial charge in [-0.3, -0.25) is 14.3 Å². The molecule has 0 bridgehead atoms. The molecule has 0 saturated carbocycles. The summed E-state index contributed by atoms with van der Waals surface area (Å²) < 4.78 is 1.63. The van der Waals surface area contributed by atoms with E-state index in [4.69, 9.17) is 0 Å². The van der Waals surface area contributed by atoms with Crippen LogP contribution in [0.3, 0.4) is 0 Å². The summed E-state index contributed by atoms with van der Waals surface area (Å²) in [4.78, 5) is 32.9. The van der Waals surface area contributed by atoms with Gasteiger partial charge in [0.25, 0.3) is 11.5 Å². The van der Waals surface area contributed by atoms with Gasteiger partial charge in [0.2, 0.25) is 0 Å². The SMILES string of the molecule is Cc1cc(=O)[nH]c(C2CCN(C(=O)c3ccn(C)n3)CC2)n1. The monoisotopic (exact) mass is 301 g/mol. The molecular weight excluding hydrogens is 282 g/mol. The van der Waals surface area contributed by atoms with Gasteiger partial charge < -0.3 is 9.88 Å². The molecule has 1 N–H and O–H groups in total. The van der Waals surface area contributed by atoms with E-state index in [2.05, 4.69) is 15.1 Å². The van der Waals surface area contributed by atoms with E-state index in [-0.39, 0.29) is 17.4 Å². The number of nitrogens with one attached hydrogen (secondary N) is 1. The fourth-order valence-electron chi connectivity index (χ4n) is 2.84. The smallest absolute Gasteiger partial charge is 0.274 e. The van der Waals surface area contributed by atoms with E-state index in [0.717, 1.165) is 24.4 Å². The molecule has 3 rings (SSSR count). The van der Waals surface area contributed by atoms with E-state index in [1.165, 1.54) is 6.07 Å². The summed E-state index contributed by atoms with van der Waals surface area (Å²) in [5, 5.41) is 4.15. The van der Waals surface area contributed by atoms with Crippen molar-refractivity contribution in [2.75, 3.05) is 13.1 Å². The number of likely N-dealkylation sites (tertiary alicyclic amines) is 1. The first-order valence-electron chi connectivity index (χ1n) is 7.40. The van der Waals surface area contributed by atoms with Gasteiger partial charge in [0.1, 0.15) is 11.5 Å². The molecule has 7 heteroatoms. The van der Waals surface area contributed by atoms with Gasteiger partial charge in [-0.2, -0.15) is 5.10 Å². The Morgan fingerprint density at radius 1 is 1.36 bits per heavy atom. The highest BCUT2D eigenvalue weighted by atomic mass is 16.2. The topological polar surface area (TPSA) is 83.9 Å². The van der Waals surface area contributed by atoms with Crippen LogP contribution in [-0.2, 0) is 7.05 Å². The van der Waals surface area contributed by atoms with Crippen LogP contribution in [0, 0.1) is 6.92 Å². The van der Waals surface area contributed by atoms with E-state index in [1.807, 2.05) is 11.8 Å². The van der Waals surface area contributed by atoms with Crippen molar-refractivity contribution in [2.45, 2.75) is 25.7 Å². The molecule has 0 spiro atoms. The van der Waals surface area contributed by atoms with Gasteiger partial charge in [0, 0.05) is 44.0 Å². The number of carbonyl (C=O) groups is 1. The van der Waals surface area contributed by atoms with Gasteiger partial charge in [-0.15, -0.1) is 0 Å². The second-order valence-corrected chi connectivity index (χ2v) is 5.71. The average Bonchev–Trinajstić information content (AvgIpc) is 2.92. The number of nitrogens with zero attached hydrogens (tertiary/aromatic N) is 4. The Kier molecular flexibility index (Phi) is 3.79. The fourth-order valence-corrected chi connectivity index (χ4v) is 2.84. The molecule has 1 aliphatic rings. The van der Waals surface area contributed by atoms with Crippen LogP contribution in [0.2, 0.25) is 0 Å². The highest BCUT2D eigenvalue weighted by Gasteiger charge is 2.26. The minimum absolute atomic E-state index is 0.0373. The Morgan fingerprint density at radius 2 is 2.09 bits per heavy atom. The number of amides is 1. The van der Waals surface area contributed by atoms with Gasteiger partial charge in [-0.1, -0.05) is 0 Å². The third-order valence-corrected chi connectivity index (χ3v) is 3.99. The van der Waals surface area contributed by atoms with Gasteiger partial charge in [-0.25, -0.2) is 4.98 Å². The molecule has 0 atom stereocenters. The maximum atomic E-state index is 12.3. The van der Waals surface area contributed by atoms with Crippen molar-refractivity contribution in [3.05, 3.63) is 45.9 Å². The lowest BCUT2D eigenvalue weighted by Crippen LogP contribution is -2.38. The van der Waals surface area contributed by atoms with Crippen LogP contribution >= 0.6 is 0 Å². The third-order valence-electron chi connectivity index (χ3n) is 3.99. The van der Waals surface area contributed by atoms with Crippen LogP contribution in [0.1, 0.15) is 40.8 Å². The highest BCUT2D eigenvalue weighted by molar-refractivity contribution is 5.92. The van der Waals surface area contributed by atoms with E-state index < -0.39 is 0 Å². The zero-order chi connectivity index (χ0) is 15.7. The number of carbonyl (C=O) groups excluding carboxylic acids is 1. The molecule has 1 aliphatic heterocycles. The predicted octanol–water partition coefficient (Wildman–Crippen LogP) is 0.832. The molecular formula is C15H19N5O2. The van der Waals surface area contributed by atoms with Gasteiger partial charge >= 0.3 is 0 Å². The number of aromatic nitrogens is 4. The van der Waals surface area contributed by atoms with E-state index in [1.54, 1.807) is 24.0 Å². The molecule has 0 radical (unpaired) electrons. The summed E-state index contributed by atoms with van der Waals surface area (Å²) in [7, 11) is 1.79. The molecule has 0 unspecified atom stereocenters. The fraction of sp³-hybridized carbons (Fsp3) is 0.467. The van der Waals surface area contributed by atoms with Crippen LogP contribution in [0.25, 0.3) is 0 Å². The predicted molar refractivity (Wildman–Crippen MR) is 80.7 cm³/mol. The Hall–Kier alpha value is -2.44. The minimum Gasteiger partial charge on any atom is -0.337 e. The van der Waals surface area contributed by atoms with Crippen LogP contribution in [0.15, 0.2) is 23.1 Å². The van der Waals surface area contributed by atoms with Crippen molar-refractivity contribution in [3.63, 3.8) is 0 Å². The van der Waals surface area contributed by atoms with Crippen LogP contribution in [0.4, 0.5) is 0 Å². The summed E-state index contributed by atoms with van der Waals surface area (Å²) in [6.07, 6.45) is 3.36. The molecule has 7 nitrogen and oxygen atoms in total. The van der Waals surface area contributed by atoms with Crippen molar-refractivity contribution in [3.8, 4) is 0 Å². The lowest BCUT2D eigenvalue weighted by atomic mass is 9.95. The van der Waals surface area contributed by atoms with E-state index in [9.17, 15) is 9.59 Å². The summed E-state index contributed by atoms with van der Waals surface area (Å²) in [6, 6.07) is 3.22. The lowest BCUT2D eigenvalue weighted by Gasteiger charge is -2.31. The van der Waals surface area contributed by atoms with Crippen molar-refractivity contribution in [1.82, 2.24) is 24.6 Å². The molecule has 1 fully saturated rings. The van der Waals surface area contributed by atoms with Crippen molar-refractivity contribution >= 4 is 5.91 Å². The number of hydrogen-bond acceptors (Lipinski definition) is 4. The largest absolute Gasteiger partial charge is 0.337 e. The summed E-state index contributed by atoms with van der Waals surface area (Å²) in [5.41, 5.74) is 1.09. The summed E-state index contributed by atoms with van der Waals surface area (Å²) >= 11 is 0. The van der Waals surface area contributed by atoms with Crippen LogP contribution in [0.5, 0.6) is 0 Å². The standard InChI is InChI=1S/C15H19N5O2/c1-10-9-13(21)17-14(16-10)11-3-7-20(8-4-11)15(22)12-5-6-19(2)18-12/h5-6,9,11H,3-4,7-8H2,1-2H3,(H,16,17,21). The number of H-pyrrole nitrogens is 1. The molecule has 22 heavy (non-hydrogen) atoms. The zero-order valence-electron chi connectivity index (χ0n) is 12.7. The molecule has 0 aliphatic carbocycles. The highest BCUT2D eigenvalue weighted by Crippen LogP contribution is 2.25. The molecule has 3 heterocycles. The number of rotatable bonds is 2. The first-order chi connectivity index (χ1) is 10.5. The average molecular weight is 301 g/mol. The van der Waals surface area contributed by atoms with Gasteiger partial charge in [-0.05, 0) is 25.8 Å². The quantitative estimate of drug-likeness (QED) is 0.890. The van der Waals surface area contributed by atoms with E-state index >= 15 is 0 Å². The number of aromatic amines is 1. The second-order valence-electron chi connectivity index (χ2n) is 5.71. The Labute approximate surface area is 128 Å². The number of hydrogen-bond donors (Lipinski definition) is 1. The van der Waals surface area contributed by atoms with Gasteiger partial charge in [0.05, 0.1) is 0 Å². The third kappa shape index (κ3) is 2.93. The second kappa shape index (κ2) is 5.75. The molecule has 0 aromatic carbocycles.